The van der Waals surface area contributed by atoms with Gasteiger partial charge in [0.1, 0.15) is 11.6 Å². The zero-order valence-corrected chi connectivity index (χ0v) is 15.3. The fourth-order valence-corrected chi connectivity index (χ4v) is 2.47. The van der Waals surface area contributed by atoms with E-state index in [1.165, 1.54) is 36.4 Å². The van der Waals surface area contributed by atoms with Gasteiger partial charge in [0.05, 0.1) is 11.6 Å². The standard InChI is InChI=1S/C20H15ClF2N4O/c21-17-11-16(4-5-18(17)23)26-20(25-12-13-6-8-24-9-7-13)27-19(28)14-2-1-3-15(22)10-14/h1-11H,12H2,(H2,25,26,27,28). The number of carbonyl (C=O) groups excluding carboxylic acids is 1. The van der Waals surface area contributed by atoms with Crippen molar-refractivity contribution < 1.29 is 13.6 Å². The summed E-state index contributed by atoms with van der Waals surface area (Å²) in [7, 11) is 0. The molecule has 3 aromatic rings. The van der Waals surface area contributed by atoms with E-state index >= 15 is 0 Å². The molecular weight excluding hydrogens is 386 g/mol. The highest BCUT2D eigenvalue weighted by Gasteiger charge is 2.11. The topological polar surface area (TPSA) is 66.4 Å². The SMILES string of the molecule is O=C(NC(=NCc1ccncc1)Nc1ccc(F)c(Cl)c1)c1cccc(F)c1. The zero-order valence-electron chi connectivity index (χ0n) is 14.5. The predicted octanol–water partition coefficient (Wildman–Crippen LogP) is 4.41. The number of hydrogen-bond donors (Lipinski definition) is 2. The highest BCUT2D eigenvalue weighted by molar-refractivity contribution is 6.31. The Hall–Kier alpha value is -3.32. The largest absolute Gasteiger partial charge is 0.326 e. The Balaban J connectivity index is 1.82. The molecule has 0 aliphatic rings. The fraction of sp³-hybridized carbons (Fsp3) is 0.0500. The van der Waals surface area contributed by atoms with E-state index in [0.29, 0.717) is 5.69 Å². The molecule has 142 valence electrons. The van der Waals surface area contributed by atoms with Gasteiger partial charge < -0.3 is 5.32 Å². The number of nitrogens with zero attached hydrogens (tertiary/aromatic N) is 2. The van der Waals surface area contributed by atoms with Gasteiger partial charge in [-0.3, -0.25) is 15.1 Å². The van der Waals surface area contributed by atoms with Gasteiger partial charge in [-0.05, 0) is 54.1 Å². The van der Waals surface area contributed by atoms with Gasteiger partial charge in [0.2, 0.25) is 5.96 Å². The third-order valence-electron chi connectivity index (χ3n) is 3.67. The summed E-state index contributed by atoms with van der Waals surface area (Å²) in [5.41, 5.74) is 1.43. The summed E-state index contributed by atoms with van der Waals surface area (Å²) >= 11 is 5.80. The lowest BCUT2D eigenvalue weighted by atomic mass is 10.2. The van der Waals surface area contributed by atoms with Crippen LogP contribution in [0.5, 0.6) is 0 Å². The number of anilines is 1. The third-order valence-corrected chi connectivity index (χ3v) is 3.96. The number of aliphatic imine (C=N–C) groups is 1. The summed E-state index contributed by atoms with van der Waals surface area (Å²) in [6.45, 7) is 0.253. The number of rotatable bonds is 4. The number of benzene rings is 2. The second-order valence-electron chi connectivity index (χ2n) is 5.74. The van der Waals surface area contributed by atoms with E-state index in [-0.39, 0.29) is 23.1 Å². The Labute approximate surface area is 165 Å². The van der Waals surface area contributed by atoms with Crippen molar-refractivity contribution in [3.05, 3.63) is 94.8 Å². The number of nitrogens with one attached hydrogen (secondary N) is 2. The molecule has 0 atom stereocenters. The summed E-state index contributed by atoms with van der Waals surface area (Å²) in [6, 6.07) is 12.9. The predicted molar refractivity (Wildman–Crippen MR) is 104 cm³/mol. The summed E-state index contributed by atoms with van der Waals surface area (Å²) in [5, 5.41) is 5.41. The molecule has 1 aromatic heterocycles. The average molecular weight is 401 g/mol. The van der Waals surface area contributed by atoms with Gasteiger partial charge in [0.25, 0.3) is 5.91 Å². The minimum Gasteiger partial charge on any atom is -0.326 e. The van der Waals surface area contributed by atoms with Gasteiger partial charge in [-0.1, -0.05) is 17.7 Å². The number of amides is 1. The molecule has 3 rings (SSSR count). The van der Waals surface area contributed by atoms with E-state index in [0.717, 1.165) is 11.6 Å². The summed E-state index contributed by atoms with van der Waals surface area (Å²) in [4.78, 5) is 20.7. The molecule has 0 aliphatic heterocycles. The van der Waals surface area contributed by atoms with Gasteiger partial charge in [-0.2, -0.15) is 0 Å². The maximum atomic E-state index is 13.4. The van der Waals surface area contributed by atoms with Gasteiger partial charge >= 0.3 is 0 Å². The smallest absolute Gasteiger partial charge is 0.258 e. The molecule has 2 aromatic carbocycles. The maximum absolute atomic E-state index is 13.4. The van der Waals surface area contributed by atoms with Gasteiger partial charge in [-0.25, -0.2) is 13.8 Å². The van der Waals surface area contributed by atoms with Crippen LogP contribution >= 0.6 is 11.6 Å². The molecule has 0 saturated carbocycles. The number of halogens is 3. The lowest BCUT2D eigenvalue weighted by molar-refractivity contribution is 0.0976. The second kappa shape index (κ2) is 9.05. The van der Waals surface area contributed by atoms with E-state index in [1.54, 1.807) is 24.5 Å². The van der Waals surface area contributed by atoms with Crippen LogP contribution in [0.4, 0.5) is 14.5 Å². The first-order valence-corrected chi connectivity index (χ1v) is 8.61. The van der Waals surface area contributed by atoms with Crippen LogP contribution in [0.3, 0.4) is 0 Å². The molecule has 0 bridgehead atoms. The van der Waals surface area contributed by atoms with Crippen LogP contribution in [-0.4, -0.2) is 16.9 Å². The number of guanidine groups is 1. The van der Waals surface area contributed by atoms with Crippen molar-refractivity contribution in [3.63, 3.8) is 0 Å². The van der Waals surface area contributed by atoms with Gasteiger partial charge in [-0.15, -0.1) is 0 Å². The van der Waals surface area contributed by atoms with E-state index in [2.05, 4.69) is 20.6 Å². The Bertz CT molecular complexity index is 1010. The van der Waals surface area contributed by atoms with Crippen LogP contribution in [0.2, 0.25) is 5.02 Å². The molecule has 5 nitrogen and oxygen atoms in total. The molecule has 0 fully saturated rings. The highest BCUT2D eigenvalue weighted by atomic mass is 35.5. The van der Waals surface area contributed by atoms with Crippen molar-refractivity contribution >= 4 is 29.2 Å². The first kappa shape index (κ1) is 19.4. The summed E-state index contributed by atoms with van der Waals surface area (Å²) < 4.78 is 26.8. The van der Waals surface area contributed by atoms with Crippen LogP contribution in [0.15, 0.2) is 72.0 Å². The molecule has 28 heavy (non-hydrogen) atoms. The van der Waals surface area contributed by atoms with Crippen molar-refractivity contribution in [2.24, 2.45) is 4.99 Å². The van der Waals surface area contributed by atoms with Crippen LogP contribution in [0.25, 0.3) is 0 Å². The Kier molecular flexibility index (Phi) is 6.29. The second-order valence-corrected chi connectivity index (χ2v) is 6.15. The number of hydrogen-bond acceptors (Lipinski definition) is 3. The van der Waals surface area contributed by atoms with Crippen molar-refractivity contribution in [1.29, 1.82) is 0 Å². The first-order valence-electron chi connectivity index (χ1n) is 8.23. The van der Waals surface area contributed by atoms with E-state index in [4.69, 9.17) is 11.6 Å². The Morgan fingerprint density at radius 3 is 2.57 bits per heavy atom. The monoisotopic (exact) mass is 400 g/mol. The molecular formula is C20H15ClF2N4O. The molecule has 1 heterocycles. The van der Waals surface area contributed by atoms with Crippen molar-refractivity contribution in [2.75, 3.05) is 5.32 Å². The van der Waals surface area contributed by atoms with Crippen LogP contribution in [0.1, 0.15) is 15.9 Å². The Morgan fingerprint density at radius 1 is 1.07 bits per heavy atom. The van der Waals surface area contributed by atoms with Gasteiger partial charge in [0.15, 0.2) is 0 Å². The molecule has 0 spiro atoms. The number of pyridine rings is 1. The molecule has 0 unspecified atom stereocenters. The summed E-state index contributed by atoms with van der Waals surface area (Å²) in [5.74, 6) is -1.53. The fourth-order valence-electron chi connectivity index (χ4n) is 2.29. The molecule has 0 radical (unpaired) electrons. The molecule has 0 aliphatic carbocycles. The number of aromatic nitrogens is 1. The number of carbonyl (C=O) groups is 1. The molecule has 8 heteroatoms. The minimum absolute atomic E-state index is 0.0741. The zero-order chi connectivity index (χ0) is 19.9. The lowest BCUT2D eigenvalue weighted by Crippen LogP contribution is -2.36. The van der Waals surface area contributed by atoms with Crippen LogP contribution in [-0.2, 0) is 6.54 Å². The van der Waals surface area contributed by atoms with Crippen molar-refractivity contribution in [2.45, 2.75) is 6.54 Å². The summed E-state index contributed by atoms with van der Waals surface area (Å²) in [6.07, 6.45) is 3.26. The maximum Gasteiger partial charge on any atom is 0.258 e. The van der Waals surface area contributed by atoms with Crippen molar-refractivity contribution in [3.8, 4) is 0 Å². The minimum atomic E-state index is -0.564. The van der Waals surface area contributed by atoms with Gasteiger partial charge in [0, 0.05) is 23.6 Å². The van der Waals surface area contributed by atoms with Crippen LogP contribution in [0, 0.1) is 11.6 Å². The van der Waals surface area contributed by atoms with Crippen LogP contribution < -0.4 is 10.6 Å². The highest BCUT2D eigenvalue weighted by Crippen LogP contribution is 2.19. The van der Waals surface area contributed by atoms with E-state index in [1.807, 2.05) is 0 Å². The lowest BCUT2D eigenvalue weighted by Gasteiger charge is -2.12. The molecule has 0 saturated heterocycles. The third kappa shape index (κ3) is 5.34. The normalized spacial score (nSPS) is 11.2. The molecule has 1 amide bonds. The average Bonchev–Trinajstić information content (AvgIpc) is 2.69. The van der Waals surface area contributed by atoms with E-state index in [9.17, 15) is 13.6 Å². The molecule has 2 N–H and O–H groups in total. The quantitative estimate of drug-likeness (QED) is 0.503. The Morgan fingerprint density at radius 2 is 1.86 bits per heavy atom. The van der Waals surface area contributed by atoms with Crippen molar-refractivity contribution in [1.82, 2.24) is 10.3 Å². The first-order chi connectivity index (χ1) is 13.5. The van der Waals surface area contributed by atoms with E-state index < -0.39 is 17.5 Å².